The van der Waals surface area contributed by atoms with Gasteiger partial charge in [0, 0.05) is 36.1 Å². The number of aliphatic hydroxyl groups excluding tert-OH is 1. The van der Waals surface area contributed by atoms with Gasteiger partial charge in [-0.3, -0.25) is 9.52 Å². The van der Waals surface area contributed by atoms with E-state index in [0.717, 1.165) is 16.3 Å². The topological polar surface area (TPSA) is 128 Å². The smallest absolute Gasteiger partial charge is 0.321 e. The summed E-state index contributed by atoms with van der Waals surface area (Å²) in [5.74, 6) is -0.0271. The highest BCUT2D eigenvalue weighted by molar-refractivity contribution is 7.92. The fourth-order valence-electron chi connectivity index (χ4n) is 5.54. The summed E-state index contributed by atoms with van der Waals surface area (Å²) in [6.07, 6.45) is -0.590. The second-order valence-corrected chi connectivity index (χ2v) is 13.6. The Balaban J connectivity index is 1.41. The van der Waals surface area contributed by atoms with Crippen molar-refractivity contribution in [1.29, 1.82) is 0 Å². The first kappa shape index (κ1) is 32.8. The van der Waals surface area contributed by atoms with Crippen molar-refractivity contribution >= 4 is 44.1 Å². The molecule has 3 atom stereocenters. The number of urea groups is 1. The van der Waals surface area contributed by atoms with Crippen molar-refractivity contribution in [2.24, 2.45) is 5.92 Å². The Labute approximate surface area is 270 Å². The second-order valence-electron chi connectivity index (χ2n) is 12.0. The maximum Gasteiger partial charge on any atom is 0.321 e. The van der Waals surface area contributed by atoms with E-state index in [2.05, 4.69) is 10.0 Å². The van der Waals surface area contributed by atoms with Gasteiger partial charge in [0.1, 0.15) is 11.9 Å². The van der Waals surface area contributed by atoms with Crippen molar-refractivity contribution < 1.29 is 27.9 Å². The van der Waals surface area contributed by atoms with Gasteiger partial charge in [-0.25, -0.2) is 13.2 Å². The fraction of sp³-hybridized carbons (Fsp3) is 0.314. The van der Waals surface area contributed by atoms with Crippen molar-refractivity contribution in [3.8, 4) is 5.75 Å². The molecule has 1 aliphatic rings. The molecule has 0 spiro atoms. The van der Waals surface area contributed by atoms with E-state index in [0.29, 0.717) is 23.5 Å². The number of amides is 3. The van der Waals surface area contributed by atoms with E-state index in [1.54, 1.807) is 54.1 Å². The molecule has 0 radical (unpaired) electrons. The first-order valence-electron chi connectivity index (χ1n) is 15.2. The standard InChI is InChI=1S/C35H40N4O6S/c1-23-12-15-29(16-13-23)46(43,44)37-28-14-17-32-27(18-28)19-34(41)39(25(3)22-40)20-24(2)33(45-32)21-38(4)35(42)36-31-11-7-9-26-8-5-6-10-30(26)31/h5-18,24-25,33,37,40H,19-22H2,1-4H3,(H,36,42)/t24-,25-,33+/m1/s1. The quantitative estimate of drug-likeness (QED) is 0.240. The SMILES string of the molecule is Cc1ccc(S(=O)(=O)Nc2ccc3c(c2)CC(=O)N([C@H](C)CO)C[C@@H](C)[C@H](CN(C)C(=O)Nc2cccc4ccccc24)O3)cc1. The van der Waals surface area contributed by atoms with Crippen LogP contribution >= 0.6 is 0 Å². The number of hydrogen-bond donors (Lipinski definition) is 3. The summed E-state index contributed by atoms with van der Waals surface area (Å²) in [7, 11) is -2.19. The van der Waals surface area contributed by atoms with Gasteiger partial charge in [0.25, 0.3) is 10.0 Å². The number of nitrogens with zero attached hydrogens (tertiary/aromatic N) is 2. The van der Waals surface area contributed by atoms with Gasteiger partial charge in [0.05, 0.1) is 36.2 Å². The van der Waals surface area contributed by atoms with Gasteiger partial charge in [0.2, 0.25) is 5.91 Å². The summed E-state index contributed by atoms with van der Waals surface area (Å²) < 4.78 is 35.3. The zero-order valence-corrected chi connectivity index (χ0v) is 27.3. The molecule has 46 heavy (non-hydrogen) atoms. The molecule has 242 valence electrons. The van der Waals surface area contributed by atoms with Gasteiger partial charge in [-0.15, -0.1) is 0 Å². The lowest BCUT2D eigenvalue weighted by Crippen LogP contribution is -2.48. The monoisotopic (exact) mass is 644 g/mol. The molecule has 4 aromatic rings. The van der Waals surface area contributed by atoms with Crippen LogP contribution < -0.4 is 14.8 Å². The van der Waals surface area contributed by atoms with Gasteiger partial charge in [0.15, 0.2) is 0 Å². The average molecular weight is 645 g/mol. The van der Waals surface area contributed by atoms with Crippen LogP contribution in [-0.4, -0.2) is 74.2 Å². The van der Waals surface area contributed by atoms with Crippen LogP contribution in [0.5, 0.6) is 5.75 Å². The highest BCUT2D eigenvalue weighted by Crippen LogP contribution is 2.30. The van der Waals surface area contributed by atoms with Crippen molar-refractivity contribution in [2.75, 3.05) is 36.8 Å². The minimum absolute atomic E-state index is 0.0589. The molecule has 10 nitrogen and oxygen atoms in total. The Morgan fingerprint density at radius 2 is 1.78 bits per heavy atom. The van der Waals surface area contributed by atoms with Crippen LogP contribution in [0.1, 0.15) is 25.0 Å². The summed E-state index contributed by atoms with van der Waals surface area (Å²) in [4.78, 5) is 30.2. The molecule has 0 unspecified atom stereocenters. The Bertz CT molecular complexity index is 1820. The molecular weight excluding hydrogens is 604 g/mol. The number of nitrogens with one attached hydrogen (secondary N) is 2. The fourth-order valence-corrected chi connectivity index (χ4v) is 6.59. The highest BCUT2D eigenvalue weighted by Gasteiger charge is 2.32. The third-order valence-electron chi connectivity index (χ3n) is 8.33. The van der Waals surface area contributed by atoms with E-state index in [1.807, 2.05) is 56.3 Å². The molecule has 1 aliphatic heterocycles. The molecule has 3 amide bonds. The number of anilines is 2. The average Bonchev–Trinajstić information content (AvgIpc) is 3.08. The van der Waals surface area contributed by atoms with E-state index < -0.39 is 22.2 Å². The number of carbonyl (C=O) groups excluding carboxylic acids is 2. The molecule has 0 aromatic heterocycles. The molecule has 11 heteroatoms. The van der Waals surface area contributed by atoms with Crippen LogP contribution in [0.3, 0.4) is 0 Å². The minimum Gasteiger partial charge on any atom is -0.488 e. The van der Waals surface area contributed by atoms with Gasteiger partial charge >= 0.3 is 6.03 Å². The number of benzene rings is 4. The van der Waals surface area contributed by atoms with Crippen molar-refractivity contribution in [2.45, 2.75) is 44.2 Å². The number of aliphatic hydroxyl groups is 1. The molecule has 0 fully saturated rings. The van der Waals surface area contributed by atoms with Crippen molar-refractivity contribution in [3.05, 3.63) is 96.1 Å². The molecule has 0 saturated carbocycles. The third kappa shape index (κ3) is 7.43. The zero-order chi connectivity index (χ0) is 33.0. The minimum atomic E-state index is -3.88. The van der Waals surface area contributed by atoms with E-state index in [1.165, 1.54) is 12.1 Å². The molecule has 3 N–H and O–H groups in total. The third-order valence-corrected chi connectivity index (χ3v) is 9.73. The maximum absolute atomic E-state index is 13.6. The summed E-state index contributed by atoms with van der Waals surface area (Å²) in [6, 6.07) is 24.1. The predicted octanol–water partition coefficient (Wildman–Crippen LogP) is 5.26. The molecule has 5 rings (SSSR count). The molecule has 0 saturated heterocycles. The first-order valence-corrected chi connectivity index (χ1v) is 16.7. The molecule has 1 heterocycles. The van der Waals surface area contributed by atoms with E-state index in [4.69, 9.17) is 4.74 Å². The van der Waals surface area contributed by atoms with Crippen molar-refractivity contribution in [3.63, 3.8) is 0 Å². The van der Waals surface area contributed by atoms with Gasteiger partial charge in [-0.05, 0) is 55.6 Å². The van der Waals surface area contributed by atoms with Gasteiger partial charge in [-0.1, -0.05) is 61.0 Å². The van der Waals surface area contributed by atoms with E-state index in [-0.39, 0.29) is 48.0 Å². The summed E-state index contributed by atoms with van der Waals surface area (Å²) in [5, 5.41) is 14.9. The van der Waals surface area contributed by atoms with Crippen LogP contribution in [-0.2, 0) is 21.2 Å². The normalized spacial score (nSPS) is 17.6. The number of sulfonamides is 1. The predicted molar refractivity (Wildman–Crippen MR) is 180 cm³/mol. The lowest BCUT2D eigenvalue weighted by molar-refractivity contribution is -0.134. The number of ether oxygens (including phenoxy) is 1. The molecule has 0 bridgehead atoms. The Kier molecular flexibility index (Phi) is 9.83. The Morgan fingerprint density at radius 1 is 1.07 bits per heavy atom. The first-order chi connectivity index (χ1) is 21.9. The number of carbonyl (C=O) groups is 2. The van der Waals surface area contributed by atoms with E-state index in [9.17, 15) is 23.1 Å². The Morgan fingerprint density at radius 3 is 2.52 bits per heavy atom. The van der Waals surface area contributed by atoms with Crippen LogP contribution in [0, 0.1) is 12.8 Å². The number of fused-ring (bicyclic) bond motifs is 2. The largest absolute Gasteiger partial charge is 0.488 e. The lowest BCUT2D eigenvalue weighted by Gasteiger charge is -2.34. The van der Waals surface area contributed by atoms with Crippen LogP contribution in [0.25, 0.3) is 10.8 Å². The number of hydrogen-bond acceptors (Lipinski definition) is 6. The van der Waals surface area contributed by atoms with Crippen LogP contribution in [0.2, 0.25) is 0 Å². The zero-order valence-electron chi connectivity index (χ0n) is 26.4. The van der Waals surface area contributed by atoms with E-state index >= 15 is 0 Å². The van der Waals surface area contributed by atoms with Gasteiger partial charge in [-0.2, -0.15) is 0 Å². The number of rotatable bonds is 8. The molecule has 4 aromatic carbocycles. The molecular formula is C35H40N4O6S. The second kappa shape index (κ2) is 13.8. The van der Waals surface area contributed by atoms with Crippen molar-refractivity contribution in [1.82, 2.24) is 9.80 Å². The highest BCUT2D eigenvalue weighted by atomic mass is 32.2. The van der Waals surface area contributed by atoms with Crippen LogP contribution in [0.4, 0.5) is 16.2 Å². The summed E-state index contributed by atoms with van der Waals surface area (Å²) in [6.45, 7) is 5.87. The Hall–Kier alpha value is -4.61. The number of likely N-dealkylation sites (N-methyl/N-ethyl adjacent to an activating group) is 1. The number of aryl methyl sites for hydroxylation is 1. The van der Waals surface area contributed by atoms with Crippen LogP contribution in [0.15, 0.2) is 89.8 Å². The summed E-state index contributed by atoms with van der Waals surface area (Å²) in [5.41, 5.74) is 2.41. The van der Waals surface area contributed by atoms with Gasteiger partial charge < -0.3 is 25.0 Å². The summed E-state index contributed by atoms with van der Waals surface area (Å²) >= 11 is 0. The molecule has 0 aliphatic carbocycles. The lowest BCUT2D eigenvalue weighted by atomic mass is 10.0. The maximum atomic E-state index is 13.6.